The first kappa shape index (κ1) is 15.8. The molecule has 2 atom stereocenters. The SMILES string of the molecule is O=C(NC[C@@H]1COc2ccccc2C1)NC[C@H](O)c1cccs1. The molecule has 23 heavy (non-hydrogen) atoms. The number of para-hydroxylation sites is 1. The zero-order valence-corrected chi connectivity index (χ0v) is 13.5. The van der Waals surface area contributed by atoms with Crippen molar-refractivity contribution in [3.63, 3.8) is 0 Å². The molecule has 2 aromatic rings. The molecule has 2 amide bonds. The topological polar surface area (TPSA) is 70.6 Å². The van der Waals surface area contributed by atoms with Gasteiger partial charge >= 0.3 is 6.03 Å². The van der Waals surface area contributed by atoms with Crippen molar-refractivity contribution < 1.29 is 14.6 Å². The number of urea groups is 1. The summed E-state index contributed by atoms with van der Waals surface area (Å²) in [5, 5.41) is 17.4. The van der Waals surface area contributed by atoms with Crippen LogP contribution in [0.2, 0.25) is 0 Å². The number of hydrogen-bond donors (Lipinski definition) is 3. The van der Waals surface area contributed by atoms with Gasteiger partial charge in [-0.1, -0.05) is 24.3 Å². The minimum atomic E-state index is -0.661. The molecule has 0 saturated carbocycles. The highest BCUT2D eigenvalue weighted by Gasteiger charge is 2.20. The van der Waals surface area contributed by atoms with Crippen LogP contribution in [0.25, 0.3) is 0 Å². The highest BCUT2D eigenvalue weighted by Crippen LogP contribution is 2.26. The molecule has 0 unspecified atom stereocenters. The van der Waals surface area contributed by atoms with E-state index >= 15 is 0 Å². The molecule has 3 rings (SSSR count). The molecular weight excluding hydrogens is 312 g/mol. The van der Waals surface area contributed by atoms with E-state index in [4.69, 9.17) is 4.74 Å². The van der Waals surface area contributed by atoms with Gasteiger partial charge in [0, 0.05) is 17.3 Å². The Balaban J connectivity index is 1.40. The van der Waals surface area contributed by atoms with Crippen LogP contribution in [0.4, 0.5) is 4.79 Å². The Labute approximate surface area is 139 Å². The second-order valence-corrected chi connectivity index (χ2v) is 6.59. The van der Waals surface area contributed by atoms with E-state index in [0.29, 0.717) is 13.2 Å². The number of hydrogen-bond acceptors (Lipinski definition) is 4. The van der Waals surface area contributed by atoms with Crippen LogP contribution in [0, 0.1) is 5.92 Å². The summed E-state index contributed by atoms with van der Waals surface area (Å²) in [6.07, 6.45) is 0.236. The summed E-state index contributed by atoms with van der Waals surface area (Å²) in [5.74, 6) is 1.20. The quantitative estimate of drug-likeness (QED) is 0.787. The fraction of sp³-hybridized carbons (Fsp3) is 0.353. The molecule has 1 aromatic heterocycles. The summed E-state index contributed by atoms with van der Waals surface area (Å²) in [7, 11) is 0. The van der Waals surface area contributed by atoms with E-state index in [9.17, 15) is 9.90 Å². The number of fused-ring (bicyclic) bond motifs is 1. The van der Waals surface area contributed by atoms with Crippen molar-refractivity contribution >= 4 is 17.4 Å². The van der Waals surface area contributed by atoms with Crippen LogP contribution in [0.3, 0.4) is 0 Å². The molecule has 0 bridgehead atoms. The number of carbonyl (C=O) groups is 1. The molecule has 0 aliphatic carbocycles. The monoisotopic (exact) mass is 332 g/mol. The van der Waals surface area contributed by atoms with E-state index in [1.807, 2.05) is 35.7 Å². The van der Waals surface area contributed by atoms with Crippen molar-refractivity contribution in [2.45, 2.75) is 12.5 Å². The Morgan fingerprint density at radius 1 is 1.30 bits per heavy atom. The Kier molecular flexibility index (Phi) is 5.15. The van der Waals surface area contributed by atoms with Gasteiger partial charge in [0.15, 0.2) is 0 Å². The minimum Gasteiger partial charge on any atom is -0.493 e. The lowest BCUT2D eigenvalue weighted by molar-refractivity contribution is 0.175. The van der Waals surface area contributed by atoms with E-state index in [0.717, 1.165) is 17.0 Å². The highest BCUT2D eigenvalue weighted by atomic mass is 32.1. The summed E-state index contributed by atoms with van der Waals surface area (Å²) in [5.41, 5.74) is 1.18. The van der Waals surface area contributed by atoms with E-state index in [1.54, 1.807) is 0 Å². The second kappa shape index (κ2) is 7.48. The Morgan fingerprint density at radius 2 is 2.17 bits per heavy atom. The lowest BCUT2D eigenvalue weighted by Gasteiger charge is -2.25. The third-order valence-corrected chi connectivity index (χ3v) is 4.81. The fourth-order valence-corrected chi connectivity index (χ4v) is 3.30. The van der Waals surface area contributed by atoms with Crippen molar-refractivity contribution in [2.24, 2.45) is 5.92 Å². The van der Waals surface area contributed by atoms with Gasteiger partial charge < -0.3 is 20.5 Å². The molecule has 2 heterocycles. The summed E-state index contributed by atoms with van der Waals surface area (Å²) in [4.78, 5) is 12.7. The third kappa shape index (κ3) is 4.24. The number of rotatable bonds is 5. The number of aliphatic hydroxyl groups excluding tert-OH is 1. The lowest BCUT2D eigenvalue weighted by atomic mass is 9.97. The van der Waals surface area contributed by atoms with Gasteiger partial charge in [-0.2, -0.15) is 0 Å². The first-order chi connectivity index (χ1) is 11.2. The first-order valence-electron chi connectivity index (χ1n) is 7.66. The van der Waals surface area contributed by atoms with Gasteiger partial charge in [0.25, 0.3) is 0 Å². The van der Waals surface area contributed by atoms with Crippen LogP contribution in [-0.4, -0.2) is 30.8 Å². The zero-order valence-electron chi connectivity index (χ0n) is 12.7. The van der Waals surface area contributed by atoms with Gasteiger partial charge in [-0.05, 0) is 29.5 Å². The molecule has 122 valence electrons. The molecule has 0 fully saturated rings. The van der Waals surface area contributed by atoms with Gasteiger partial charge in [0.1, 0.15) is 11.9 Å². The van der Waals surface area contributed by atoms with Crippen LogP contribution in [-0.2, 0) is 6.42 Å². The normalized spacial score (nSPS) is 17.7. The number of benzene rings is 1. The predicted octanol–water partition coefficient (Wildman–Crippen LogP) is 2.33. The number of carbonyl (C=O) groups excluding carboxylic acids is 1. The molecule has 1 aromatic carbocycles. The van der Waals surface area contributed by atoms with Crippen molar-refractivity contribution in [1.82, 2.24) is 10.6 Å². The van der Waals surface area contributed by atoms with Gasteiger partial charge in [0.05, 0.1) is 13.2 Å². The molecule has 1 aliphatic rings. The molecule has 5 nitrogen and oxygen atoms in total. The van der Waals surface area contributed by atoms with Crippen molar-refractivity contribution in [3.05, 3.63) is 52.2 Å². The minimum absolute atomic E-state index is 0.205. The van der Waals surface area contributed by atoms with E-state index in [2.05, 4.69) is 16.7 Å². The van der Waals surface area contributed by atoms with Crippen molar-refractivity contribution in [1.29, 1.82) is 0 Å². The average Bonchev–Trinajstić information content (AvgIpc) is 3.12. The molecule has 1 aliphatic heterocycles. The molecule has 0 saturated heterocycles. The van der Waals surface area contributed by atoms with Gasteiger partial charge in [-0.25, -0.2) is 4.79 Å². The summed E-state index contributed by atoms with van der Waals surface area (Å²) < 4.78 is 5.71. The first-order valence-corrected chi connectivity index (χ1v) is 8.54. The third-order valence-electron chi connectivity index (χ3n) is 3.83. The summed E-state index contributed by atoms with van der Waals surface area (Å²) >= 11 is 1.47. The van der Waals surface area contributed by atoms with Gasteiger partial charge in [-0.3, -0.25) is 0 Å². The van der Waals surface area contributed by atoms with E-state index in [1.165, 1.54) is 16.9 Å². The average molecular weight is 332 g/mol. The maximum Gasteiger partial charge on any atom is 0.314 e. The zero-order chi connectivity index (χ0) is 16.1. The predicted molar refractivity (Wildman–Crippen MR) is 89.8 cm³/mol. The number of nitrogens with one attached hydrogen (secondary N) is 2. The summed E-state index contributed by atoms with van der Waals surface area (Å²) in [6, 6.07) is 11.5. The number of amides is 2. The Hall–Kier alpha value is -2.05. The summed E-state index contributed by atoms with van der Waals surface area (Å²) in [6.45, 7) is 1.36. The molecule has 3 N–H and O–H groups in total. The fourth-order valence-electron chi connectivity index (χ4n) is 2.59. The maximum atomic E-state index is 11.8. The largest absolute Gasteiger partial charge is 0.493 e. The standard InChI is InChI=1S/C17H20N2O3S/c20-14(16-6-3-7-23-16)10-19-17(21)18-9-12-8-13-4-1-2-5-15(13)22-11-12/h1-7,12,14,20H,8-11H2,(H2,18,19,21)/t12-,14+/m1/s1. The molecular formula is C17H20N2O3S. The molecule has 0 radical (unpaired) electrons. The second-order valence-electron chi connectivity index (χ2n) is 5.61. The van der Waals surface area contributed by atoms with Gasteiger partial charge in [0.2, 0.25) is 0 Å². The van der Waals surface area contributed by atoms with Crippen molar-refractivity contribution in [2.75, 3.05) is 19.7 Å². The van der Waals surface area contributed by atoms with E-state index < -0.39 is 6.10 Å². The Bertz CT molecular complexity index is 645. The van der Waals surface area contributed by atoms with Crippen LogP contribution >= 0.6 is 11.3 Å². The van der Waals surface area contributed by atoms with Crippen LogP contribution in [0.1, 0.15) is 16.5 Å². The number of aliphatic hydroxyl groups is 1. The number of thiophene rings is 1. The van der Waals surface area contributed by atoms with Gasteiger partial charge in [-0.15, -0.1) is 11.3 Å². The highest BCUT2D eigenvalue weighted by molar-refractivity contribution is 7.10. The maximum absolute atomic E-state index is 11.8. The van der Waals surface area contributed by atoms with Crippen molar-refractivity contribution in [3.8, 4) is 5.75 Å². The Morgan fingerprint density at radius 3 is 3.00 bits per heavy atom. The smallest absolute Gasteiger partial charge is 0.314 e. The van der Waals surface area contributed by atoms with E-state index in [-0.39, 0.29) is 18.5 Å². The molecule has 6 heteroatoms. The lowest BCUT2D eigenvalue weighted by Crippen LogP contribution is -2.41. The van der Waals surface area contributed by atoms with Crippen LogP contribution < -0.4 is 15.4 Å². The molecule has 0 spiro atoms. The van der Waals surface area contributed by atoms with Crippen LogP contribution in [0.15, 0.2) is 41.8 Å². The number of ether oxygens (including phenoxy) is 1. The van der Waals surface area contributed by atoms with Crippen LogP contribution in [0.5, 0.6) is 5.75 Å².